The van der Waals surface area contributed by atoms with Gasteiger partial charge in [-0.2, -0.15) is 5.10 Å². The first-order chi connectivity index (χ1) is 11.5. The van der Waals surface area contributed by atoms with E-state index in [1.165, 1.54) is 23.0 Å². The fourth-order valence-corrected chi connectivity index (χ4v) is 2.19. The van der Waals surface area contributed by atoms with Crippen molar-refractivity contribution >= 4 is 5.97 Å². The number of benzene rings is 1. The van der Waals surface area contributed by atoms with Crippen LogP contribution in [0.5, 0.6) is 0 Å². The lowest BCUT2D eigenvalue weighted by Crippen LogP contribution is -2.07. The third-order valence-corrected chi connectivity index (χ3v) is 3.48. The highest BCUT2D eigenvalue weighted by molar-refractivity contribution is 5.85. The van der Waals surface area contributed by atoms with Crippen LogP contribution in [0.2, 0.25) is 0 Å². The maximum Gasteiger partial charge on any atom is 0.356 e. The predicted octanol–water partition coefficient (Wildman–Crippen LogP) is 3.29. The van der Waals surface area contributed by atoms with Gasteiger partial charge in [0.1, 0.15) is 5.82 Å². The van der Waals surface area contributed by atoms with Crippen molar-refractivity contribution in [1.29, 1.82) is 0 Å². The monoisotopic (exact) mass is 326 g/mol. The molecule has 3 aromatic rings. The zero-order valence-corrected chi connectivity index (χ0v) is 13.1. The summed E-state index contributed by atoms with van der Waals surface area (Å²) in [7, 11) is 0. The van der Waals surface area contributed by atoms with Crippen molar-refractivity contribution in [2.45, 2.75) is 19.8 Å². The Morgan fingerprint density at radius 2 is 1.96 bits per heavy atom. The van der Waals surface area contributed by atoms with Crippen LogP contribution in [0.15, 0.2) is 42.6 Å². The molecule has 122 valence electrons. The second-order valence-electron chi connectivity index (χ2n) is 5.56. The maximum absolute atomic E-state index is 14.1. The number of hydrogen-bond donors (Lipinski definition) is 1. The van der Waals surface area contributed by atoms with Gasteiger partial charge in [0.25, 0.3) is 0 Å². The van der Waals surface area contributed by atoms with Crippen LogP contribution in [0.25, 0.3) is 17.2 Å². The Bertz CT molecular complexity index is 905. The number of aromatic carboxylic acids is 1. The van der Waals surface area contributed by atoms with Crippen LogP contribution in [-0.4, -0.2) is 30.8 Å². The zero-order chi connectivity index (χ0) is 17.3. The number of carbonyl (C=O) groups is 1. The standard InChI is InChI=1S/C17H15FN4O2/c1-10(2)14-9-15(22-8-7-13(21-22)17(23)24)20-16(19-14)11-5-3-4-6-12(11)18/h3-10H,1-2H3,(H,23,24). The van der Waals surface area contributed by atoms with Crippen LogP contribution in [0.4, 0.5) is 4.39 Å². The summed E-state index contributed by atoms with van der Waals surface area (Å²) in [5.74, 6) is -0.829. The largest absolute Gasteiger partial charge is 0.476 e. The molecular formula is C17H15FN4O2. The molecule has 0 atom stereocenters. The van der Waals surface area contributed by atoms with Crippen LogP contribution in [0.1, 0.15) is 35.9 Å². The summed E-state index contributed by atoms with van der Waals surface area (Å²) < 4.78 is 15.4. The Morgan fingerprint density at radius 1 is 1.21 bits per heavy atom. The Morgan fingerprint density at radius 3 is 2.58 bits per heavy atom. The molecule has 0 aliphatic rings. The molecule has 1 N–H and O–H groups in total. The molecule has 0 amide bonds. The van der Waals surface area contributed by atoms with Gasteiger partial charge in [0.15, 0.2) is 17.3 Å². The number of rotatable bonds is 4. The molecule has 0 saturated heterocycles. The fourth-order valence-electron chi connectivity index (χ4n) is 2.19. The molecule has 0 aliphatic carbocycles. The van der Waals surface area contributed by atoms with Gasteiger partial charge in [-0.15, -0.1) is 0 Å². The molecule has 0 unspecified atom stereocenters. The summed E-state index contributed by atoms with van der Waals surface area (Å²) in [4.78, 5) is 19.8. The smallest absolute Gasteiger partial charge is 0.356 e. The second-order valence-corrected chi connectivity index (χ2v) is 5.56. The highest BCUT2D eigenvalue weighted by Gasteiger charge is 2.15. The van der Waals surface area contributed by atoms with Crippen LogP contribution in [-0.2, 0) is 0 Å². The van der Waals surface area contributed by atoms with E-state index in [1.807, 2.05) is 13.8 Å². The minimum Gasteiger partial charge on any atom is -0.476 e. The van der Waals surface area contributed by atoms with Crippen molar-refractivity contribution in [1.82, 2.24) is 19.7 Å². The van der Waals surface area contributed by atoms with Gasteiger partial charge in [0, 0.05) is 18.0 Å². The average molecular weight is 326 g/mol. The van der Waals surface area contributed by atoms with Crippen LogP contribution < -0.4 is 0 Å². The molecule has 2 heterocycles. The van der Waals surface area contributed by atoms with E-state index >= 15 is 0 Å². The van der Waals surface area contributed by atoms with Gasteiger partial charge in [0.2, 0.25) is 0 Å². The van der Waals surface area contributed by atoms with Crippen molar-refractivity contribution in [3.8, 4) is 17.2 Å². The maximum atomic E-state index is 14.1. The molecule has 7 heteroatoms. The molecule has 0 spiro atoms. The highest BCUT2D eigenvalue weighted by Crippen LogP contribution is 2.23. The van der Waals surface area contributed by atoms with E-state index in [4.69, 9.17) is 5.11 Å². The quantitative estimate of drug-likeness (QED) is 0.795. The number of carboxylic acids is 1. The number of hydrogen-bond acceptors (Lipinski definition) is 4. The van der Waals surface area contributed by atoms with Crippen molar-refractivity contribution in [3.05, 3.63) is 59.8 Å². The van der Waals surface area contributed by atoms with Gasteiger partial charge in [-0.25, -0.2) is 23.8 Å². The van der Waals surface area contributed by atoms with Gasteiger partial charge in [-0.3, -0.25) is 0 Å². The minimum atomic E-state index is -1.12. The number of aromatic nitrogens is 4. The van der Waals surface area contributed by atoms with Gasteiger partial charge < -0.3 is 5.11 Å². The lowest BCUT2D eigenvalue weighted by atomic mass is 10.1. The summed E-state index contributed by atoms with van der Waals surface area (Å²) in [6.07, 6.45) is 1.50. The molecule has 2 aromatic heterocycles. The molecule has 0 fully saturated rings. The predicted molar refractivity (Wildman–Crippen MR) is 85.6 cm³/mol. The molecule has 0 bridgehead atoms. The van der Waals surface area contributed by atoms with Gasteiger partial charge in [0.05, 0.1) is 5.56 Å². The summed E-state index contributed by atoms with van der Waals surface area (Å²) in [6.45, 7) is 3.92. The number of carboxylic acid groups (broad SMARTS) is 1. The molecule has 0 saturated carbocycles. The summed E-state index contributed by atoms with van der Waals surface area (Å²) in [5, 5.41) is 13.0. The first kappa shape index (κ1) is 15.8. The lowest BCUT2D eigenvalue weighted by molar-refractivity contribution is 0.0690. The molecule has 0 radical (unpaired) electrons. The van der Waals surface area contributed by atoms with Crippen molar-refractivity contribution in [2.24, 2.45) is 0 Å². The molecule has 6 nitrogen and oxygen atoms in total. The third kappa shape index (κ3) is 3.01. The van der Waals surface area contributed by atoms with Crippen molar-refractivity contribution < 1.29 is 14.3 Å². The Balaban J connectivity index is 2.16. The average Bonchev–Trinajstić information content (AvgIpc) is 3.05. The highest BCUT2D eigenvalue weighted by atomic mass is 19.1. The molecule has 24 heavy (non-hydrogen) atoms. The van der Waals surface area contributed by atoms with E-state index in [1.54, 1.807) is 24.3 Å². The Labute approximate surface area is 137 Å². The van der Waals surface area contributed by atoms with Gasteiger partial charge in [-0.05, 0) is 24.1 Å². The van der Waals surface area contributed by atoms with E-state index in [0.29, 0.717) is 11.5 Å². The van der Waals surface area contributed by atoms with Gasteiger partial charge in [-0.1, -0.05) is 26.0 Å². The fraction of sp³-hybridized carbons (Fsp3) is 0.176. The molecule has 1 aromatic carbocycles. The SMILES string of the molecule is CC(C)c1cc(-n2ccc(C(=O)O)n2)nc(-c2ccccc2F)n1. The number of halogens is 1. The summed E-state index contributed by atoms with van der Waals surface area (Å²) in [5.41, 5.74) is 0.907. The molecule has 0 aliphatic heterocycles. The van der Waals surface area contributed by atoms with Gasteiger partial charge >= 0.3 is 5.97 Å². The topological polar surface area (TPSA) is 80.9 Å². The zero-order valence-electron chi connectivity index (χ0n) is 13.1. The number of nitrogens with zero attached hydrogens (tertiary/aromatic N) is 4. The minimum absolute atomic E-state index is 0.0896. The van der Waals surface area contributed by atoms with Crippen LogP contribution >= 0.6 is 0 Å². The second kappa shape index (κ2) is 6.19. The summed E-state index contributed by atoms with van der Waals surface area (Å²) >= 11 is 0. The Kier molecular flexibility index (Phi) is 4.07. The molecule has 3 rings (SSSR count). The van der Waals surface area contributed by atoms with Crippen molar-refractivity contribution in [2.75, 3.05) is 0 Å². The van der Waals surface area contributed by atoms with E-state index in [0.717, 1.165) is 0 Å². The third-order valence-electron chi connectivity index (χ3n) is 3.48. The first-order valence-electron chi connectivity index (χ1n) is 7.39. The van der Waals surface area contributed by atoms with Crippen LogP contribution in [0.3, 0.4) is 0 Å². The van der Waals surface area contributed by atoms with E-state index in [-0.39, 0.29) is 23.0 Å². The van der Waals surface area contributed by atoms with E-state index < -0.39 is 11.8 Å². The lowest BCUT2D eigenvalue weighted by Gasteiger charge is -2.11. The van der Waals surface area contributed by atoms with E-state index in [2.05, 4.69) is 15.1 Å². The summed E-state index contributed by atoms with van der Waals surface area (Å²) in [6, 6.07) is 9.34. The Hall–Kier alpha value is -3.09. The van der Waals surface area contributed by atoms with Crippen molar-refractivity contribution in [3.63, 3.8) is 0 Å². The first-order valence-corrected chi connectivity index (χ1v) is 7.39. The van der Waals surface area contributed by atoms with E-state index in [9.17, 15) is 9.18 Å². The molecular weight excluding hydrogens is 311 g/mol. The normalized spacial score (nSPS) is 11.0. The van der Waals surface area contributed by atoms with Crippen LogP contribution in [0, 0.1) is 5.82 Å².